The summed E-state index contributed by atoms with van der Waals surface area (Å²) in [7, 11) is 3.67. The Hall–Kier alpha value is -2.96. The average molecular weight is 342 g/mol. The van der Waals surface area contributed by atoms with Crippen LogP contribution in [-0.2, 0) is 13.5 Å². The number of hydrogen-bond acceptors (Lipinski definition) is 3. The van der Waals surface area contributed by atoms with Crippen molar-refractivity contribution in [2.24, 2.45) is 7.05 Å². The molecule has 1 N–H and O–H groups in total. The number of carbonyl (C=O) groups excluding carboxylic acids is 1. The first-order valence-electron chi connectivity index (χ1n) is 7.91. The molecule has 3 heterocycles. The van der Waals surface area contributed by atoms with Crippen LogP contribution in [0.1, 0.15) is 16.1 Å². The molecule has 3 aromatic rings. The number of halogens is 2. The number of amides is 1. The molecule has 0 saturated heterocycles. The lowest BCUT2D eigenvalue weighted by Crippen LogP contribution is -2.34. The molecule has 1 amide bonds. The molecule has 2 aromatic heterocycles. The molecule has 1 aliphatic heterocycles. The van der Waals surface area contributed by atoms with E-state index in [1.807, 2.05) is 17.7 Å². The standard InChI is InChI=1S/C18H16F2N4O/c1-23-8-7-14-16(18(23)25)11-4-6-15(22-17(11)24(14)2)21-10-3-5-12(19)13(20)9-10/h3-6,9H,7-8H2,1-2H3,(H,21,22). The normalized spacial score (nSPS) is 14.1. The number of aryl methyl sites for hydroxylation is 1. The number of pyridine rings is 1. The van der Waals surface area contributed by atoms with Gasteiger partial charge in [-0.05, 0) is 24.3 Å². The smallest absolute Gasteiger partial charge is 0.256 e. The van der Waals surface area contributed by atoms with Gasteiger partial charge in [0, 0.05) is 49.9 Å². The second kappa shape index (κ2) is 5.54. The zero-order valence-electron chi connectivity index (χ0n) is 13.8. The van der Waals surface area contributed by atoms with Gasteiger partial charge >= 0.3 is 0 Å². The molecule has 5 nitrogen and oxygen atoms in total. The quantitative estimate of drug-likeness (QED) is 0.778. The van der Waals surface area contributed by atoms with Gasteiger partial charge < -0.3 is 14.8 Å². The monoisotopic (exact) mass is 342 g/mol. The van der Waals surface area contributed by atoms with Crippen LogP contribution in [0.15, 0.2) is 30.3 Å². The lowest BCUT2D eigenvalue weighted by atomic mass is 10.0. The Bertz CT molecular complexity index is 1010. The van der Waals surface area contributed by atoms with Crippen LogP contribution in [-0.4, -0.2) is 34.0 Å². The first-order chi connectivity index (χ1) is 12.0. The number of aromatic nitrogens is 2. The van der Waals surface area contributed by atoms with Crippen molar-refractivity contribution in [1.82, 2.24) is 14.5 Å². The fourth-order valence-electron chi connectivity index (χ4n) is 3.24. The number of nitrogens with one attached hydrogen (secondary N) is 1. The molecule has 0 bridgehead atoms. The highest BCUT2D eigenvalue weighted by atomic mass is 19.2. The van der Waals surface area contributed by atoms with Crippen molar-refractivity contribution in [3.8, 4) is 0 Å². The van der Waals surface area contributed by atoms with E-state index >= 15 is 0 Å². The lowest BCUT2D eigenvalue weighted by molar-refractivity contribution is 0.0781. The Morgan fingerprint density at radius 1 is 1.12 bits per heavy atom. The van der Waals surface area contributed by atoms with Gasteiger partial charge in [-0.2, -0.15) is 0 Å². The van der Waals surface area contributed by atoms with Crippen molar-refractivity contribution in [3.05, 3.63) is 53.2 Å². The number of anilines is 2. The molecule has 0 aliphatic carbocycles. The highest BCUT2D eigenvalue weighted by Gasteiger charge is 2.28. The van der Waals surface area contributed by atoms with Crippen LogP contribution in [0.3, 0.4) is 0 Å². The van der Waals surface area contributed by atoms with Gasteiger partial charge in [0.05, 0.1) is 5.56 Å². The summed E-state index contributed by atoms with van der Waals surface area (Å²) >= 11 is 0. The molecule has 0 radical (unpaired) electrons. The van der Waals surface area contributed by atoms with Gasteiger partial charge in [-0.25, -0.2) is 13.8 Å². The van der Waals surface area contributed by atoms with E-state index in [4.69, 9.17) is 0 Å². The summed E-state index contributed by atoms with van der Waals surface area (Å²) in [4.78, 5) is 18.7. The topological polar surface area (TPSA) is 50.2 Å². The minimum Gasteiger partial charge on any atom is -0.341 e. The molecule has 0 saturated carbocycles. The molecule has 1 aromatic carbocycles. The maximum absolute atomic E-state index is 13.4. The zero-order valence-corrected chi connectivity index (χ0v) is 13.8. The van der Waals surface area contributed by atoms with E-state index < -0.39 is 11.6 Å². The molecular weight excluding hydrogens is 326 g/mol. The predicted molar refractivity (Wildman–Crippen MR) is 91.0 cm³/mol. The molecule has 1 aliphatic rings. The molecular formula is C18H16F2N4O. The van der Waals surface area contributed by atoms with Crippen molar-refractivity contribution in [2.45, 2.75) is 6.42 Å². The summed E-state index contributed by atoms with van der Waals surface area (Å²) in [6.45, 7) is 0.677. The van der Waals surface area contributed by atoms with E-state index in [1.165, 1.54) is 6.07 Å². The van der Waals surface area contributed by atoms with E-state index in [2.05, 4.69) is 10.3 Å². The summed E-state index contributed by atoms with van der Waals surface area (Å²) < 4.78 is 28.3. The zero-order chi connectivity index (χ0) is 17.7. The minimum absolute atomic E-state index is 0.00466. The third-order valence-corrected chi connectivity index (χ3v) is 4.59. The third kappa shape index (κ3) is 2.43. The second-order valence-electron chi connectivity index (χ2n) is 6.18. The van der Waals surface area contributed by atoms with E-state index in [0.29, 0.717) is 29.3 Å². The van der Waals surface area contributed by atoms with E-state index in [-0.39, 0.29) is 5.91 Å². The summed E-state index contributed by atoms with van der Waals surface area (Å²) in [6.07, 6.45) is 0.774. The summed E-state index contributed by atoms with van der Waals surface area (Å²) in [5.74, 6) is -1.33. The Balaban J connectivity index is 1.77. The van der Waals surface area contributed by atoms with Crippen molar-refractivity contribution in [1.29, 1.82) is 0 Å². The van der Waals surface area contributed by atoms with E-state index in [0.717, 1.165) is 29.6 Å². The summed E-state index contributed by atoms with van der Waals surface area (Å²) in [5, 5.41) is 3.76. The van der Waals surface area contributed by atoms with Crippen LogP contribution in [0.4, 0.5) is 20.3 Å². The Kier molecular flexibility index (Phi) is 3.45. The second-order valence-corrected chi connectivity index (χ2v) is 6.18. The molecule has 0 fully saturated rings. The van der Waals surface area contributed by atoms with Gasteiger partial charge in [-0.3, -0.25) is 4.79 Å². The van der Waals surface area contributed by atoms with Gasteiger partial charge in [0.15, 0.2) is 11.6 Å². The van der Waals surface area contributed by atoms with E-state index in [1.54, 1.807) is 18.0 Å². The van der Waals surface area contributed by atoms with Crippen LogP contribution in [0, 0.1) is 11.6 Å². The van der Waals surface area contributed by atoms with Gasteiger partial charge in [0.2, 0.25) is 0 Å². The highest BCUT2D eigenvalue weighted by molar-refractivity contribution is 6.08. The predicted octanol–water partition coefficient (Wildman–Crippen LogP) is 3.22. The summed E-state index contributed by atoms with van der Waals surface area (Å²) in [5.41, 5.74) is 2.75. The number of fused-ring (bicyclic) bond motifs is 3. The highest BCUT2D eigenvalue weighted by Crippen LogP contribution is 2.30. The first kappa shape index (κ1) is 15.6. The largest absolute Gasteiger partial charge is 0.341 e. The number of nitrogens with zero attached hydrogens (tertiary/aromatic N) is 3. The molecule has 128 valence electrons. The fraction of sp³-hybridized carbons (Fsp3) is 0.222. The maximum Gasteiger partial charge on any atom is 0.256 e. The number of carbonyl (C=O) groups is 1. The Morgan fingerprint density at radius 3 is 2.68 bits per heavy atom. The Morgan fingerprint density at radius 2 is 1.92 bits per heavy atom. The van der Waals surface area contributed by atoms with Crippen molar-refractivity contribution < 1.29 is 13.6 Å². The molecule has 4 rings (SSSR count). The number of benzene rings is 1. The number of hydrogen-bond donors (Lipinski definition) is 1. The van der Waals surface area contributed by atoms with E-state index in [9.17, 15) is 13.6 Å². The van der Waals surface area contributed by atoms with Crippen LogP contribution >= 0.6 is 0 Å². The lowest BCUT2D eigenvalue weighted by Gasteiger charge is -2.23. The molecule has 7 heteroatoms. The first-order valence-corrected chi connectivity index (χ1v) is 7.91. The molecule has 0 unspecified atom stereocenters. The number of likely N-dealkylation sites (N-methyl/N-ethyl adjacent to an activating group) is 1. The maximum atomic E-state index is 13.4. The van der Waals surface area contributed by atoms with Gasteiger partial charge in [0.1, 0.15) is 11.5 Å². The molecule has 0 spiro atoms. The fourth-order valence-corrected chi connectivity index (χ4v) is 3.24. The minimum atomic E-state index is -0.922. The van der Waals surface area contributed by atoms with Gasteiger partial charge in [0.25, 0.3) is 5.91 Å². The van der Waals surface area contributed by atoms with Gasteiger partial charge in [-0.15, -0.1) is 0 Å². The van der Waals surface area contributed by atoms with Crippen molar-refractivity contribution in [3.63, 3.8) is 0 Å². The average Bonchev–Trinajstić information content (AvgIpc) is 2.87. The van der Waals surface area contributed by atoms with Crippen LogP contribution < -0.4 is 5.32 Å². The van der Waals surface area contributed by atoms with Crippen molar-refractivity contribution >= 4 is 28.4 Å². The van der Waals surface area contributed by atoms with Gasteiger partial charge in [-0.1, -0.05) is 0 Å². The summed E-state index contributed by atoms with van der Waals surface area (Å²) in [6, 6.07) is 7.15. The van der Waals surface area contributed by atoms with Crippen LogP contribution in [0.25, 0.3) is 11.0 Å². The van der Waals surface area contributed by atoms with Crippen molar-refractivity contribution in [2.75, 3.05) is 18.9 Å². The van der Waals surface area contributed by atoms with Crippen LogP contribution in [0.2, 0.25) is 0 Å². The SMILES string of the molecule is CN1CCc2c(c3ccc(Nc4ccc(F)c(F)c4)nc3n2C)C1=O. The number of rotatable bonds is 2. The Labute approximate surface area is 142 Å². The molecule has 0 atom stereocenters. The third-order valence-electron chi connectivity index (χ3n) is 4.59. The molecule has 25 heavy (non-hydrogen) atoms. The van der Waals surface area contributed by atoms with Crippen LogP contribution in [0.5, 0.6) is 0 Å².